The Morgan fingerprint density at radius 3 is 2.88 bits per heavy atom. The van der Waals surface area contributed by atoms with Gasteiger partial charge >= 0.3 is 0 Å². The van der Waals surface area contributed by atoms with Crippen molar-refractivity contribution >= 4 is 21.6 Å². The predicted octanol–water partition coefficient (Wildman–Crippen LogP) is 1.05. The Kier molecular flexibility index (Phi) is 4.67. The molecule has 1 aromatic rings. The Morgan fingerprint density at radius 1 is 1.62 bits per heavy atom. The first-order valence-electron chi connectivity index (χ1n) is 4.59. The van der Waals surface area contributed by atoms with Crippen LogP contribution in [0.25, 0.3) is 0 Å². The molecule has 0 aliphatic rings. The van der Waals surface area contributed by atoms with Gasteiger partial charge in [0.15, 0.2) is 0 Å². The molecule has 1 rings (SSSR count). The summed E-state index contributed by atoms with van der Waals surface area (Å²) in [6, 6.07) is 2.67. The second-order valence-electron chi connectivity index (χ2n) is 3.21. The summed E-state index contributed by atoms with van der Waals surface area (Å²) in [6.07, 6.45) is 1.16. The van der Waals surface area contributed by atoms with Crippen molar-refractivity contribution in [1.29, 1.82) is 0 Å². The number of hydrogen-bond donors (Lipinski definition) is 1. The number of methoxy groups -OCH3 is 1. The molecule has 7 heteroatoms. The third-order valence-corrected chi connectivity index (χ3v) is 3.60. The quantitative estimate of drug-likeness (QED) is 0.807. The third kappa shape index (κ3) is 3.71. The van der Waals surface area contributed by atoms with E-state index in [2.05, 4.69) is 9.71 Å². The number of nitrogens with one attached hydrogen (secondary N) is 1. The first kappa shape index (κ1) is 13.4. The number of rotatable bonds is 5. The van der Waals surface area contributed by atoms with Gasteiger partial charge in [0.1, 0.15) is 5.15 Å². The van der Waals surface area contributed by atoms with Gasteiger partial charge in [0, 0.05) is 19.9 Å². The molecule has 1 N–H and O–H groups in total. The SMILES string of the molecule is COC(C)CNS(=O)(=O)c1ccnc(Cl)c1. The third-order valence-electron chi connectivity index (χ3n) is 1.97. The first-order chi connectivity index (χ1) is 7.45. The molecular formula is C9H13ClN2O3S. The summed E-state index contributed by atoms with van der Waals surface area (Å²) in [5, 5.41) is 0.141. The van der Waals surface area contributed by atoms with E-state index in [0.717, 1.165) is 0 Å². The van der Waals surface area contributed by atoms with Crippen molar-refractivity contribution in [3.63, 3.8) is 0 Å². The molecule has 0 fully saturated rings. The van der Waals surface area contributed by atoms with Crippen molar-refractivity contribution < 1.29 is 13.2 Å². The molecule has 0 radical (unpaired) electrons. The van der Waals surface area contributed by atoms with E-state index < -0.39 is 10.0 Å². The smallest absolute Gasteiger partial charge is 0.240 e. The number of pyridine rings is 1. The molecule has 90 valence electrons. The normalized spacial score (nSPS) is 13.7. The summed E-state index contributed by atoms with van der Waals surface area (Å²) in [7, 11) is -2.03. The number of hydrogen-bond acceptors (Lipinski definition) is 4. The van der Waals surface area contributed by atoms with Crippen molar-refractivity contribution in [3.05, 3.63) is 23.5 Å². The van der Waals surface area contributed by atoms with E-state index in [0.29, 0.717) is 0 Å². The highest BCUT2D eigenvalue weighted by Crippen LogP contribution is 2.12. The second-order valence-corrected chi connectivity index (χ2v) is 5.37. The van der Waals surface area contributed by atoms with Crippen LogP contribution in [0.3, 0.4) is 0 Å². The monoisotopic (exact) mass is 264 g/mol. The molecule has 0 amide bonds. The van der Waals surface area contributed by atoms with Crippen LogP contribution >= 0.6 is 11.6 Å². The van der Waals surface area contributed by atoms with E-state index in [1.54, 1.807) is 6.92 Å². The molecule has 0 spiro atoms. The maximum atomic E-state index is 11.8. The van der Waals surface area contributed by atoms with Crippen LogP contribution in [0, 0.1) is 0 Å². The van der Waals surface area contributed by atoms with E-state index in [1.165, 1.54) is 25.4 Å². The summed E-state index contributed by atoms with van der Waals surface area (Å²) in [4.78, 5) is 3.81. The Balaban J connectivity index is 2.78. The number of sulfonamides is 1. The highest BCUT2D eigenvalue weighted by atomic mass is 35.5. The highest BCUT2D eigenvalue weighted by Gasteiger charge is 2.15. The van der Waals surface area contributed by atoms with Crippen molar-refractivity contribution in [2.45, 2.75) is 17.9 Å². The van der Waals surface area contributed by atoms with Crippen molar-refractivity contribution in [2.24, 2.45) is 0 Å². The number of halogens is 1. The fourth-order valence-electron chi connectivity index (χ4n) is 0.946. The summed E-state index contributed by atoms with van der Waals surface area (Å²) < 4.78 is 30.9. The minimum absolute atomic E-state index is 0.0933. The second kappa shape index (κ2) is 5.58. The predicted molar refractivity (Wildman–Crippen MR) is 60.9 cm³/mol. The molecule has 0 aromatic carbocycles. The van der Waals surface area contributed by atoms with Gasteiger partial charge in [-0.2, -0.15) is 0 Å². The van der Waals surface area contributed by atoms with Crippen LogP contribution in [-0.2, 0) is 14.8 Å². The summed E-state index contributed by atoms with van der Waals surface area (Å²) in [6.45, 7) is 1.97. The van der Waals surface area contributed by atoms with Crippen LogP contribution in [0.4, 0.5) is 0 Å². The van der Waals surface area contributed by atoms with Crippen LogP contribution in [0.15, 0.2) is 23.2 Å². The van der Waals surface area contributed by atoms with Gasteiger partial charge < -0.3 is 4.74 Å². The lowest BCUT2D eigenvalue weighted by molar-refractivity contribution is 0.122. The first-order valence-corrected chi connectivity index (χ1v) is 6.46. The number of aromatic nitrogens is 1. The van der Waals surface area contributed by atoms with E-state index in [-0.39, 0.29) is 22.7 Å². The summed E-state index contributed by atoms with van der Waals surface area (Å²) in [5.41, 5.74) is 0. The maximum absolute atomic E-state index is 11.8. The molecule has 0 saturated heterocycles. The Bertz CT molecular complexity index is 450. The standard InChI is InChI=1S/C9H13ClN2O3S/c1-7(15-2)6-12-16(13,14)8-3-4-11-9(10)5-8/h3-5,7,12H,6H2,1-2H3. The number of ether oxygens (including phenoxy) is 1. The lowest BCUT2D eigenvalue weighted by Gasteiger charge is -2.11. The Labute approximate surface area is 99.8 Å². The molecule has 16 heavy (non-hydrogen) atoms. The van der Waals surface area contributed by atoms with Crippen LogP contribution in [0.1, 0.15) is 6.92 Å². The Morgan fingerprint density at radius 2 is 2.31 bits per heavy atom. The summed E-state index contributed by atoms with van der Waals surface area (Å²) >= 11 is 5.61. The summed E-state index contributed by atoms with van der Waals surface area (Å²) in [5.74, 6) is 0. The van der Waals surface area contributed by atoms with Gasteiger partial charge in [0.2, 0.25) is 10.0 Å². The molecule has 1 unspecified atom stereocenters. The van der Waals surface area contributed by atoms with Crippen LogP contribution in [0.2, 0.25) is 5.15 Å². The average molecular weight is 265 g/mol. The largest absolute Gasteiger partial charge is 0.380 e. The maximum Gasteiger partial charge on any atom is 0.240 e. The van der Waals surface area contributed by atoms with Crippen molar-refractivity contribution in [3.8, 4) is 0 Å². The zero-order valence-electron chi connectivity index (χ0n) is 8.97. The molecule has 5 nitrogen and oxygen atoms in total. The molecule has 0 aliphatic heterocycles. The molecular weight excluding hydrogens is 252 g/mol. The van der Waals surface area contributed by atoms with E-state index >= 15 is 0 Å². The van der Waals surface area contributed by atoms with Gasteiger partial charge in [-0.1, -0.05) is 11.6 Å². The van der Waals surface area contributed by atoms with E-state index in [4.69, 9.17) is 16.3 Å². The zero-order chi connectivity index (χ0) is 12.2. The van der Waals surface area contributed by atoms with E-state index in [9.17, 15) is 8.42 Å². The minimum Gasteiger partial charge on any atom is -0.380 e. The average Bonchev–Trinajstić information content (AvgIpc) is 2.26. The zero-order valence-corrected chi connectivity index (χ0v) is 10.5. The number of nitrogens with zero attached hydrogens (tertiary/aromatic N) is 1. The van der Waals surface area contributed by atoms with Gasteiger partial charge in [0.05, 0.1) is 11.0 Å². The van der Waals surface area contributed by atoms with E-state index in [1.807, 2.05) is 0 Å². The lowest BCUT2D eigenvalue weighted by Crippen LogP contribution is -2.31. The fourth-order valence-corrected chi connectivity index (χ4v) is 2.31. The molecule has 0 aliphatic carbocycles. The van der Waals surface area contributed by atoms with Crippen LogP contribution in [-0.4, -0.2) is 33.2 Å². The molecule has 1 heterocycles. The van der Waals surface area contributed by atoms with Crippen LogP contribution < -0.4 is 4.72 Å². The molecule has 1 aromatic heterocycles. The molecule has 0 bridgehead atoms. The highest BCUT2D eigenvalue weighted by molar-refractivity contribution is 7.89. The topological polar surface area (TPSA) is 68.3 Å². The van der Waals surface area contributed by atoms with Gasteiger partial charge in [-0.05, 0) is 19.1 Å². The van der Waals surface area contributed by atoms with Gasteiger partial charge in [-0.15, -0.1) is 0 Å². The Hall–Kier alpha value is -0.690. The van der Waals surface area contributed by atoms with Crippen molar-refractivity contribution in [2.75, 3.05) is 13.7 Å². The lowest BCUT2D eigenvalue weighted by atomic mass is 10.4. The van der Waals surface area contributed by atoms with Gasteiger partial charge in [0.25, 0.3) is 0 Å². The fraction of sp³-hybridized carbons (Fsp3) is 0.444. The van der Waals surface area contributed by atoms with Crippen LogP contribution in [0.5, 0.6) is 0 Å². The minimum atomic E-state index is -3.54. The van der Waals surface area contributed by atoms with Crippen molar-refractivity contribution in [1.82, 2.24) is 9.71 Å². The van der Waals surface area contributed by atoms with Gasteiger partial charge in [-0.3, -0.25) is 0 Å². The molecule has 1 atom stereocenters. The van der Waals surface area contributed by atoms with Gasteiger partial charge in [-0.25, -0.2) is 18.1 Å². The molecule has 0 saturated carbocycles.